The molecule has 1 spiro atoms. The summed E-state index contributed by atoms with van der Waals surface area (Å²) < 4.78 is -0.697. The number of hydrogen-bond donors (Lipinski definition) is 3. The first-order chi connectivity index (χ1) is 16.2. The highest BCUT2D eigenvalue weighted by Crippen LogP contribution is 2.66. The molecule has 3 fully saturated rings. The smallest absolute Gasteiger partial charge is 0.248 e. The van der Waals surface area contributed by atoms with Crippen molar-refractivity contribution in [3.8, 4) is 0 Å². The number of carbonyl (C=O) groups excluding carboxylic acids is 3. The average molecular weight is 508 g/mol. The maximum absolute atomic E-state index is 14.0. The van der Waals surface area contributed by atoms with Crippen molar-refractivity contribution in [2.24, 2.45) is 17.8 Å². The van der Waals surface area contributed by atoms with Crippen LogP contribution in [-0.2, 0) is 14.4 Å². The number of aliphatic hydroxyl groups excluding tert-OH is 1. The third-order valence-electron chi connectivity index (χ3n) is 7.62. The minimum atomic E-state index is -0.792. The number of anilines is 1. The molecule has 1 aromatic rings. The maximum atomic E-state index is 14.0. The van der Waals surface area contributed by atoms with E-state index in [0.29, 0.717) is 23.7 Å². The summed E-state index contributed by atoms with van der Waals surface area (Å²) in [5.74, 6) is -1.72. The van der Waals surface area contributed by atoms with E-state index in [2.05, 4.69) is 10.6 Å². The van der Waals surface area contributed by atoms with E-state index in [1.807, 2.05) is 39.8 Å². The van der Waals surface area contributed by atoms with Crippen molar-refractivity contribution in [3.63, 3.8) is 0 Å². The van der Waals surface area contributed by atoms with Gasteiger partial charge in [0.25, 0.3) is 0 Å². The predicted molar refractivity (Wildman–Crippen MR) is 135 cm³/mol. The number of rotatable bonds is 8. The molecule has 3 amide bonds. The van der Waals surface area contributed by atoms with Gasteiger partial charge in [0.2, 0.25) is 17.7 Å². The lowest BCUT2D eigenvalue weighted by Gasteiger charge is -2.38. The number of amides is 3. The van der Waals surface area contributed by atoms with Crippen LogP contribution in [0.1, 0.15) is 45.6 Å². The number of aliphatic hydroxyl groups is 1. The topological polar surface area (TPSA) is 98.7 Å². The number of nitrogens with zero attached hydrogens (tertiary/aromatic N) is 1. The summed E-state index contributed by atoms with van der Waals surface area (Å²) in [6.07, 6.45) is 2.28. The van der Waals surface area contributed by atoms with Gasteiger partial charge in [-0.05, 0) is 43.7 Å². The van der Waals surface area contributed by atoms with Crippen LogP contribution < -0.4 is 10.6 Å². The molecule has 2 bridgehead atoms. The van der Waals surface area contributed by atoms with Crippen LogP contribution in [0.3, 0.4) is 0 Å². The first-order valence-corrected chi connectivity index (χ1v) is 13.4. The van der Waals surface area contributed by atoms with E-state index >= 15 is 0 Å². The molecule has 9 heteroatoms. The Balaban J connectivity index is 1.76. The van der Waals surface area contributed by atoms with Crippen LogP contribution in [0.15, 0.2) is 18.2 Å². The van der Waals surface area contributed by atoms with E-state index in [0.717, 1.165) is 18.4 Å². The lowest BCUT2D eigenvalue weighted by Crippen LogP contribution is -2.56. The third kappa shape index (κ3) is 3.91. The average Bonchev–Trinajstić information content (AvgIpc) is 3.43. The molecule has 3 aliphatic rings. The lowest BCUT2D eigenvalue weighted by molar-refractivity contribution is -0.142. The first-order valence-electron chi connectivity index (χ1n) is 12.1. The van der Waals surface area contributed by atoms with Crippen LogP contribution >= 0.6 is 23.4 Å². The predicted octanol–water partition coefficient (Wildman–Crippen LogP) is 3.22. The van der Waals surface area contributed by atoms with E-state index < -0.39 is 28.7 Å². The molecule has 3 N–H and O–H groups in total. The molecule has 6 atom stereocenters. The van der Waals surface area contributed by atoms with E-state index in [4.69, 9.17) is 11.6 Å². The zero-order chi connectivity index (χ0) is 24.8. The SMILES string of the molecule is CCCNC(=O)[C@@H]1[C@H]2C(=O)N([C@@H](CO)C(C)C)C(C(=O)Nc3c(C)cccc3Cl)C23CC[C@H]1S3. The van der Waals surface area contributed by atoms with Gasteiger partial charge in [-0.1, -0.05) is 44.5 Å². The summed E-state index contributed by atoms with van der Waals surface area (Å²) in [6, 6.07) is 4.10. The van der Waals surface area contributed by atoms with Gasteiger partial charge in [0.15, 0.2) is 0 Å². The Kier molecular flexibility index (Phi) is 7.23. The van der Waals surface area contributed by atoms with Crippen molar-refractivity contribution in [1.82, 2.24) is 10.2 Å². The van der Waals surface area contributed by atoms with Crippen LogP contribution in [0.25, 0.3) is 0 Å². The summed E-state index contributed by atoms with van der Waals surface area (Å²) in [6.45, 7) is 8.04. The molecule has 3 saturated heterocycles. The van der Waals surface area contributed by atoms with Crippen molar-refractivity contribution in [1.29, 1.82) is 0 Å². The first kappa shape index (κ1) is 25.3. The second-order valence-corrected chi connectivity index (χ2v) is 12.0. The van der Waals surface area contributed by atoms with Crippen LogP contribution in [0.5, 0.6) is 0 Å². The number of hydrogen-bond acceptors (Lipinski definition) is 5. The Labute approximate surface area is 210 Å². The van der Waals surface area contributed by atoms with Crippen molar-refractivity contribution in [3.05, 3.63) is 28.8 Å². The van der Waals surface area contributed by atoms with Crippen LogP contribution in [-0.4, -0.2) is 63.0 Å². The van der Waals surface area contributed by atoms with Gasteiger partial charge < -0.3 is 20.6 Å². The molecule has 186 valence electrons. The van der Waals surface area contributed by atoms with Crippen molar-refractivity contribution in [2.45, 2.75) is 69.0 Å². The number of aryl methyl sites for hydroxylation is 1. The molecule has 0 radical (unpaired) electrons. The maximum Gasteiger partial charge on any atom is 0.248 e. The number of halogens is 1. The molecular weight excluding hydrogens is 474 g/mol. The van der Waals surface area contributed by atoms with Gasteiger partial charge in [-0.3, -0.25) is 14.4 Å². The normalized spacial score (nSPS) is 30.6. The Bertz CT molecular complexity index is 969. The quantitative estimate of drug-likeness (QED) is 0.502. The molecule has 2 unspecified atom stereocenters. The molecule has 3 aliphatic heterocycles. The highest BCUT2D eigenvalue weighted by atomic mass is 35.5. The molecule has 0 aromatic heterocycles. The van der Waals surface area contributed by atoms with Crippen molar-refractivity contribution < 1.29 is 19.5 Å². The molecular formula is C25H34ClN3O4S. The second-order valence-electron chi connectivity index (χ2n) is 10.0. The number of thioether (sulfide) groups is 1. The molecule has 1 aromatic carbocycles. The Morgan fingerprint density at radius 3 is 2.68 bits per heavy atom. The molecule has 7 nitrogen and oxygen atoms in total. The monoisotopic (exact) mass is 507 g/mol. The molecule has 4 rings (SSSR count). The molecule has 3 heterocycles. The van der Waals surface area contributed by atoms with E-state index in [9.17, 15) is 19.5 Å². The summed E-state index contributed by atoms with van der Waals surface area (Å²) in [7, 11) is 0. The Hall–Kier alpha value is -1.77. The van der Waals surface area contributed by atoms with Gasteiger partial charge in [-0.2, -0.15) is 0 Å². The molecule has 34 heavy (non-hydrogen) atoms. The highest BCUT2D eigenvalue weighted by Gasteiger charge is 2.74. The largest absolute Gasteiger partial charge is 0.394 e. The number of carbonyl (C=O) groups is 3. The van der Waals surface area contributed by atoms with E-state index in [1.165, 1.54) is 0 Å². The second kappa shape index (κ2) is 9.70. The molecule has 0 aliphatic carbocycles. The number of benzene rings is 1. The standard InChI is InChI=1S/C25H34ClN3O4S/c1-5-11-27-22(31)18-17-9-10-25(34-17)19(18)24(33)29(16(12-30)13(2)3)21(25)23(32)28-20-14(4)7-6-8-15(20)26/h6-8,13,16-19,21,30H,5,9-12H2,1-4H3,(H,27,31)(H,28,32)/t16-,17+,18-,19-,21?,25?/m0/s1. The minimum absolute atomic E-state index is 0.0110. The summed E-state index contributed by atoms with van der Waals surface area (Å²) in [5.41, 5.74) is 1.36. The highest BCUT2D eigenvalue weighted by molar-refractivity contribution is 8.02. The van der Waals surface area contributed by atoms with Crippen LogP contribution in [0.4, 0.5) is 5.69 Å². The zero-order valence-electron chi connectivity index (χ0n) is 20.1. The fraction of sp³-hybridized carbons (Fsp3) is 0.640. The van der Waals surface area contributed by atoms with Gasteiger partial charge in [0.1, 0.15) is 6.04 Å². The van der Waals surface area contributed by atoms with Crippen molar-refractivity contribution in [2.75, 3.05) is 18.5 Å². The van der Waals surface area contributed by atoms with E-state index in [1.54, 1.807) is 22.7 Å². The van der Waals surface area contributed by atoms with Crippen molar-refractivity contribution >= 4 is 46.8 Å². The summed E-state index contributed by atoms with van der Waals surface area (Å²) >= 11 is 8.02. The number of para-hydroxylation sites is 1. The summed E-state index contributed by atoms with van der Waals surface area (Å²) in [5, 5.41) is 16.7. The van der Waals surface area contributed by atoms with Gasteiger partial charge >= 0.3 is 0 Å². The fourth-order valence-corrected chi connectivity index (χ4v) is 8.49. The minimum Gasteiger partial charge on any atom is -0.394 e. The summed E-state index contributed by atoms with van der Waals surface area (Å²) in [4.78, 5) is 42.7. The van der Waals surface area contributed by atoms with Gasteiger partial charge in [-0.25, -0.2) is 0 Å². The number of likely N-dealkylation sites (tertiary alicyclic amines) is 1. The zero-order valence-corrected chi connectivity index (χ0v) is 21.7. The lowest BCUT2D eigenvalue weighted by atomic mass is 9.70. The van der Waals surface area contributed by atoms with Gasteiger partial charge in [-0.15, -0.1) is 11.8 Å². The fourth-order valence-electron chi connectivity index (χ4n) is 6.02. The van der Waals surface area contributed by atoms with E-state index in [-0.39, 0.29) is 35.5 Å². The van der Waals surface area contributed by atoms with Gasteiger partial charge in [0.05, 0.1) is 39.9 Å². The molecule has 0 saturated carbocycles. The Morgan fingerprint density at radius 2 is 2.06 bits per heavy atom. The number of nitrogens with one attached hydrogen (secondary N) is 2. The Morgan fingerprint density at radius 1 is 1.32 bits per heavy atom. The number of fused-ring (bicyclic) bond motifs is 1. The van der Waals surface area contributed by atoms with Gasteiger partial charge in [0, 0.05) is 11.8 Å². The van der Waals surface area contributed by atoms with Crippen LogP contribution in [0, 0.1) is 24.7 Å². The third-order valence-corrected chi connectivity index (χ3v) is 9.89. The van der Waals surface area contributed by atoms with Crippen LogP contribution in [0.2, 0.25) is 5.02 Å².